The molecule has 4 heteroatoms. The van der Waals surface area contributed by atoms with Crippen LogP contribution in [0, 0.1) is 11.3 Å². The zero-order valence-corrected chi connectivity index (χ0v) is 10.1. The highest BCUT2D eigenvalue weighted by Crippen LogP contribution is 2.50. The van der Waals surface area contributed by atoms with Gasteiger partial charge in [0.15, 0.2) is 0 Å². The third-order valence-electron chi connectivity index (χ3n) is 3.81. The van der Waals surface area contributed by atoms with Crippen LogP contribution in [0.5, 0.6) is 0 Å². The minimum atomic E-state index is -0.0394. The van der Waals surface area contributed by atoms with Gasteiger partial charge in [-0.25, -0.2) is 0 Å². The van der Waals surface area contributed by atoms with Crippen LogP contribution in [-0.4, -0.2) is 38.4 Å². The lowest BCUT2D eigenvalue weighted by molar-refractivity contribution is -0.159. The van der Waals surface area contributed by atoms with Crippen molar-refractivity contribution in [1.29, 1.82) is 0 Å². The summed E-state index contributed by atoms with van der Waals surface area (Å²) in [7, 11) is 0. The van der Waals surface area contributed by atoms with E-state index in [-0.39, 0.29) is 17.3 Å². The molecule has 2 fully saturated rings. The average molecular weight is 227 g/mol. The first kappa shape index (κ1) is 11.9. The molecule has 2 rings (SSSR count). The van der Waals surface area contributed by atoms with E-state index >= 15 is 0 Å². The van der Waals surface area contributed by atoms with Crippen molar-refractivity contribution in [3.05, 3.63) is 0 Å². The first-order chi connectivity index (χ1) is 7.72. The van der Waals surface area contributed by atoms with Gasteiger partial charge in [-0.1, -0.05) is 0 Å². The van der Waals surface area contributed by atoms with Crippen LogP contribution >= 0.6 is 0 Å². The maximum absolute atomic E-state index is 11.8. The summed E-state index contributed by atoms with van der Waals surface area (Å²) >= 11 is 0. The number of rotatable bonds is 4. The number of nitrogens with one attached hydrogen (secondary N) is 1. The fourth-order valence-electron chi connectivity index (χ4n) is 3.01. The van der Waals surface area contributed by atoms with Gasteiger partial charge in [0.1, 0.15) is 0 Å². The summed E-state index contributed by atoms with van der Waals surface area (Å²) in [5.41, 5.74) is 0.117. The quantitative estimate of drug-likeness (QED) is 0.727. The fourth-order valence-corrected chi connectivity index (χ4v) is 3.01. The van der Waals surface area contributed by atoms with E-state index < -0.39 is 0 Å². The van der Waals surface area contributed by atoms with E-state index in [9.17, 15) is 4.79 Å². The number of carbonyl (C=O) groups is 1. The van der Waals surface area contributed by atoms with E-state index in [1.807, 2.05) is 13.8 Å². The zero-order chi connectivity index (χ0) is 11.6. The molecule has 1 saturated heterocycles. The number of hydrogen-bond acceptors (Lipinski definition) is 4. The summed E-state index contributed by atoms with van der Waals surface area (Å²) in [4.78, 5) is 11.8. The Balaban J connectivity index is 1.92. The van der Waals surface area contributed by atoms with Gasteiger partial charge in [-0.05, 0) is 26.7 Å². The van der Waals surface area contributed by atoms with Crippen LogP contribution in [0.4, 0.5) is 0 Å². The van der Waals surface area contributed by atoms with Crippen LogP contribution in [0.2, 0.25) is 0 Å². The molecule has 4 nitrogen and oxygen atoms in total. The van der Waals surface area contributed by atoms with Crippen LogP contribution in [0.1, 0.15) is 26.7 Å². The van der Waals surface area contributed by atoms with E-state index in [1.165, 1.54) is 0 Å². The molecule has 0 bridgehead atoms. The molecular formula is C12H21NO3. The fraction of sp³-hybridized carbons (Fsp3) is 0.917. The molecule has 1 atom stereocenters. The van der Waals surface area contributed by atoms with Crippen molar-refractivity contribution in [3.8, 4) is 0 Å². The Morgan fingerprint density at radius 1 is 1.38 bits per heavy atom. The summed E-state index contributed by atoms with van der Waals surface area (Å²) in [6, 6.07) is 0. The Hall–Kier alpha value is -0.610. The Bertz CT molecular complexity index is 261. The first-order valence-electron chi connectivity index (χ1n) is 6.21. The summed E-state index contributed by atoms with van der Waals surface area (Å²) in [5, 5.41) is 3.31. The Morgan fingerprint density at radius 2 is 2.12 bits per heavy atom. The highest BCUT2D eigenvalue weighted by Gasteiger charge is 2.55. The molecule has 92 valence electrons. The second-order valence-corrected chi connectivity index (χ2v) is 4.78. The molecule has 0 aromatic carbocycles. The molecule has 1 aliphatic carbocycles. The van der Waals surface area contributed by atoms with Crippen molar-refractivity contribution in [2.24, 2.45) is 11.3 Å². The maximum atomic E-state index is 11.8. The summed E-state index contributed by atoms with van der Waals surface area (Å²) in [5.74, 6) is -0.00777. The molecule has 0 amide bonds. The minimum absolute atomic E-state index is 0.0316. The van der Waals surface area contributed by atoms with E-state index in [2.05, 4.69) is 5.32 Å². The van der Waals surface area contributed by atoms with Gasteiger partial charge in [-0.15, -0.1) is 0 Å². The second-order valence-electron chi connectivity index (χ2n) is 4.78. The van der Waals surface area contributed by atoms with Crippen LogP contribution in [-0.2, 0) is 14.3 Å². The van der Waals surface area contributed by atoms with Crippen molar-refractivity contribution in [3.63, 3.8) is 0 Å². The van der Waals surface area contributed by atoms with Gasteiger partial charge in [-0.2, -0.15) is 0 Å². The monoisotopic (exact) mass is 227 g/mol. The first-order valence-corrected chi connectivity index (χ1v) is 6.21. The molecule has 1 saturated carbocycles. The van der Waals surface area contributed by atoms with Gasteiger partial charge in [0.05, 0.1) is 18.6 Å². The van der Waals surface area contributed by atoms with Gasteiger partial charge in [0, 0.05) is 25.1 Å². The largest absolute Gasteiger partial charge is 0.466 e. The topological polar surface area (TPSA) is 47.6 Å². The summed E-state index contributed by atoms with van der Waals surface area (Å²) in [6.07, 6.45) is 2.34. The normalized spacial score (nSPS) is 37.4. The molecule has 16 heavy (non-hydrogen) atoms. The maximum Gasteiger partial charge on any atom is 0.310 e. The predicted molar refractivity (Wildman–Crippen MR) is 60.1 cm³/mol. The number of esters is 1. The summed E-state index contributed by atoms with van der Waals surface area (Å²) < 4.78 is 10.7. The van der Waals surface area contributed by atoms with Crippen LogP contribution in [0.15, 0.2) is 0 Å². The van der Waals surface area contributed by atoms with Gasteiger partial charge in [-0.3, -0.25) is 4.79 Å². The second kappa shape index (κ2) is 4.72. The zero-order valence-electron chi connectivity index (χ0n) is 10.1. The Kier molecular flexibility index (Phi) is 3.50. The average Bonchev–Trinajstić information content (AvgIpc) is 2.62. The van der Waals surface area contributed by atoms with Gasteiger partial charge in [0.25, 0.3) is 0 Å². The smallest absolute Gasteiger partial charge is 0.310 e. The minimum Gasteiger partial charge on any atom is -0.466 e. The van der Waals surface area contributed by atoms with Crippen molar-refractivity contribution in [2.45, 2.75) is 32.8 Å². The summed E-state index contributed by atoms with van der Waals surface area (Å²) in [6.45, 7) is 6.80. The number of hydrogen-bond donors (Lipinski definition) is 1. The molecule has 0 aromatic rings. The molecule has 2 aliphatic rings. The molecule has 0 radical (unpaired) electrons. The van der Waals surface area contributed by atoms with E-state index in [4.69, 9.17) is 9.47 Å². The van der Waals surface area contributed by atoms with E-state index in [0.29, 0.717) is 12.7 Å². The Labute approximate surface area is 96.7 Å². The lowest BCUT2D eigenvalue weighted by atomic mass is 9.61. The molecule has 1 spiro atoms. The van der Waals surface area contributed by atoms with Crippen molar-refractivity contribution in [2.75, 3.05) is 26.3 Å². The number of carbonyl (C=O) groups excluding carboxylic acids is 1. The lowest BCUT2D eigenvalue weighted by Crippen LogP contribution is -2.50. The standard InChI is InChI=1S/C12H21NO3/c1-3-15-9-5-12(6-9)8-13-7-10(12)11(14)16-4-2/h9-10,13H,3-8H2,1-2H3. The van der Waals surface area contributed by atoms with Crippen LogP contribution < -0.4 is 5.32 Å². The van der Waals surface area contributed by atoms with E-state index in [1.54, 1.807) is 0 Å². The Morgan fingerprint density at radius 3 is 2.75 bits per heavy atom. The molecule has 1 N–H and O–H groups in total. The SMILES string of the molecule is CCOC(=O)C1CNCC12CC(OCC)C2. The van der Waals surface area contributed by atoms with E-state index in [0.717, 1.165) is 32.5 Å². The highest BCUT2D eigenvalue weighted by molar-refractivity contribution is 5.74. The van der Waals surface area contributed by atoms with Crippen molar-refractivity contribution in [1.82, 2.24) is 5.32 Å². The van der Waals surface area contributed by atoms with Crippen LogP contribution in [0.3, 0.4) is 0 Å². The third-order valence-corrected chi connectivity index (χ3v) is 3.81. The molecule has 0 aromatic heterocycles. The highest BCUT2D eigenvalue weighted by atomic mass is 16.5. The third kappa shape index (κ3) is 1.96. The van der Waals surface area contributed by atoms with Crippen LogP contribution in [0.25, 0.3) is 0 Å². The number of ether oxygens (including phenoxy) is 2. The van der Waals surface area contributed by atoms with Gasteiger partial charge < -0.3 is 14.8 Å². The van der Waals surface area contributed by atoms with Gasteiger partial charge in [0.2, 0.25) is 0 Å². The lowest BCUT2D eigenvalue weighted by Gasteiger charge is -2.47. The molecule has 1 aliphatic heterocycles. The molecular weight excluding hydrogens is 206 g/mol. The predicted octanol–water partition coefficient (Wildman–Crippen LogP) is 0.954. The molecule has 1 unspecified atom stereocenters. The van der Waals surface area contributed by atoms with Crippen molar-refractivity contribution < 1.29 is 14.3 Å². The van der Waals surface area contributed by atoms with Crippen molar-refractivity contribution >= 4 is 5.97 Å². The van der Waals surface area contributed by atoms with Gasteiger partial charge >= 0.3 is 5.97 Å². The molecule has 1 heterocycles.